The molecule has 3 heteroatoms. The Bertz CT molecular complexity index is 285. The fraction of sp³-hybridized carbons (Fsp3) is 0.846. The Balaban J connectivity index is 2.37. The van der Waals surface area contributed by atoms with E-state index in [-0.39, 0.29) is 5.91 Å². The minimum atomic E-state index is -0.884. The largest absolute Gasteiger partial charge is 0.344 e. The van der Waals surface area contributed by atoms with E-state index < -0.39 is 5.41 Å². The van der Waals surface area contributed by atoms with Crippen LogP contribution in [-0.2, 0) is 4.79 Å². The van der Waals surface area contributed by atoms with Crippen molar-refractivity contribution in [1.29, 1.82) is 5.26 Å². The normalized spacial score (nSPS) is 17.1. The summed E-state index contributed by atoms with van der Waals surface area (Å²) < 4.78 is 0. The Morgan fingerprint density at radius 1 is 1.44 bits per heavy atom. The first kappa shape index (κ1) is 13.0. The summed E-state index contributed by atoms with van der Waals surface area (Å²) in [4.78, 5) is 13.6. The third kappa shape index (κ3) is 3.23. The third-order valence-corrected chi connectivity index (χ3v) is 3.51. The Morgan fingerprint density at radius 2 is 2.00 bits per heavy atom. The van der Waals surface area contributed by atoms with Crippen LogP contribution in [0.25, 0.3) is 0 Å². The molecule has 0 aromatic carbocycles. The maximum Gasteiger partial charge on any atom is 0.242 e. The van der Waals surface area contributed by atoms with Gasteiger partial charge >= 0.3 is 0 Å². The van der Waals surface area contributed by atoms with E-state index in [9.17, 15) is 4.79 Å². The van der Waals surface area contributed by atoms with Crippen molar-refractivity contribution < 1.29 is 4.79 Å². The molecule has 0 spiro atoms. The molecule has 1 saturated carbocycles. The van der Waals surface area contributed by atoms with Gasteiger partial charge in [0, 0.05) is 13.6 Å². The van der Waals surface area contributed by atoms with Gasteiger partial charge in [-0.1, -0.05) is 25.7 Å². The van der Waals surface area contributed by atoms with Crippen LogP contribution in [0.3, 0.4) is 0 Å². The van der Waals surface area contributed by atoms with E-state index in [4.69, 9.17) is 5.26 Å². The van der Waals surface area contributed by atoms with Crippen LogP contribution in [0.15, 0.2) is 0 Å². The monoisotopic (exact) mass is 222 g/mol. The van der Waals surface area contributed by atoms with E-state index in [2.05, 4.69) is 6.07 Å². The van der Waals surface area contributed by atoms with E-state index in [0.29, 0.717) is 0 Å². The number of nitrogens with zero attached hydrogens (tertiary/aromatic N) is 2. The maximum atomic E-state index is 11.9. The molecule has 0 saturated heterocycles. The highest BCUT2D eigenvalue weighted by molar-refractivity contribution is 5.84. The quantitative estimate of drug-likeness (QED) is 0.733. The fourth-order valence-corrected chi connectivity index (χ4v) is 2.30. The molecule has 0 unspecified atom stereocenters. The van der Waals surface area contributed by atoms with Gasteiger partial charge in [-0.05, 0) is 26.2 Å². The van der Waals surface area contributed by atoms with Crippen molar-refractivity contribution >= 4 is 5.91 Å². The van der Waals surface area contributed by atoms with Gasteiger partial charge in [-0.2, -0.15) is 5.26 Å². The lowest BCUT2D eigenvalue weighted by Gasteiger charge is -2.25. The van der Waals surface area contributed by atoms with Crippen molar-refractivity contribution in [3.63, 3.8) is 0 Å². The first-order valence-electron chi connectivity index (χ1n) is 6.14. The molecule has 1 amide bonds. The molecule has 1 aliphatic rings. The van der Waals surface area contributed by atoms with E-state index in [1.54, 1.807) is 25.8 Å². The predicted molar refractivity (Wildman–Crippen MR) is 63.6 cm³/mol. The molecule has 16 heavy (non-hydrogen) atoms. The summed E-state index contributed by atoms with van der Waals surface area (Å²) in [6.07, 6.45) is 6.38. The molecule has 0 bridgehead atoms. The van der Waals surface area contributed by atoms with Crippen LogP contribution in [-0.4, -0.2) is 24.4 Å². The molecule has 1 aliphatic carbocycles. The van der Waals surface area contributed by atoms with Gasteiger partial charge in [0.2, 0.25) is 5.91 Å². The van der Waals surface area contributed by atoms with E-state index in [0.717, 1.165) is 18.9 Å². The van der Waals surface area contributed by atoms with Gasteiger partial charge in [0.25, 0.3) is 0 Å². The summed E-state index contributed by atoms with van der Waals surface area (Å²) in [7, 11) is 1.80. The summed E-state index contributed by atoms with van der Waals surface area (Å²) in [6.45, 7) is 4.15. The molecule has 90 valence electrons. The van der Waals surface area contributed by atoms with E-state index in [1.807, 2.05) is 0 Å². The zero-order valence-electron chi connectivity index (χ0n) is 10.6. The molecule has 0 aromatic rings. The number of hydrogen-bond donors (Lipinski definition) is 0. The SMILES string of the molecule is CN(CCC1CCCC1)C(=O)C(C)(C)C#N. The topological polar surface area (TPSA) is 44.1 Å². The van der Waals surface area contributed by atoms with Gasteiger partial charge < -0.3 is 4.90 Å². The van der Waals surface area contributed by atoms with Crippen LogP contribution in [0, 0.1) is 22.7 Å². The molecule has 0 atom stereocenters. The van der Waals surface area contributed by atoms with Gasteiger partial charge in [0.15, 0.2) is 0 Å². The average Bonchev–Trinajstić information content (AvgIpc) is 2.77. The first-order valence-corrected chi connectivity index (χ1v) is 6.14. The van der Waals surface area contributed by atoms with E-state index >= 15 is 0 Å². The van der Waals surface area contributed by atoms with Gasteiger partial charge in [-0.3, -0.25) is 4.79 Å². The molecular formula is C13H22N2O. The summed E-state index contributed by atoms with van der Waals surface area (Å²) in [5.41, 5.74) is -0.884. The number of hydrogen-bond acceptors (Lipinski definition) is 2. The van der Waals surface area contributed by atoms with Crippen molar-refractivity contribution in [2.24, 2.45) is 11.3 Å². The van der Waals surface area contributed by atoms with Crippen molar-refractivity contribution in [1.82, 2.24) is 4.90 Å². The zero-order valence-corrected chi connectivity index (χ0v) is 10.6. The van der Waals surface area contributed by atoms with Crippen LogP contribution in [0.1, 0.15) is 46.0 Å². The Kier molecular flexibility index (Phi) is 4.35. The smallest absolute Gasteiger partial charge is 0.242 e. The molecule has 3 nitrogen and oxygen atoms in total. The number of carbonyl (C=O) groups is 1. The van der Waals surface area contributed by atoms with Gasteiger partial charge in [-0.15, -0.1) is 0 Å². The van der Waals surface area contributed by atoms with Gasteiger partial charge in [-0.25, -0.2) is 0 Å². The van der Waals surface area contributed by atoms with Crippen molar-refractivity contribution in [3.05, 3.63) is 0 Å². The number of carbonyl (C=O) groups excluding carboxylic acids is 1. The highest BCUT2D eigenvalue weighted by Crippen LogP contribution is 2.28. The molecule has 0 heterocycles. The van der Waals surface area contributed by atoms with Crippen LogP contribution >= 0.6 is 0 Å². The zero-order chi connectivity index (χ0) is 12.2. The van der Waals surface area contributed by atoms with E-state index in [1.165, 1.54) is 25.7 Å². The van der Waals surface area contributed by atoms with Gasteiger partial charge in [0.1, 0.15) is 5.41 Å². The van der Waals surface area contributed by atoms with Crippen LogP contribution in [0.5, 0.6) is 0 Å². The van der Waals surface area contributed by atoms with Crippen molar-refractivity contribution in [2.45, 2.75) is 46.0 Å². The van der Waals surface area contributed by atoms with Crippen LogP contribution in [0.4, 0.5) is 0 Å². The van der Waals surface area contributed by atoms with Crippen molar-refractivity contribution in [2.75, 3.05) is 13.6 Å². The third-order valence-electron chi connectivity index (χ3n) is 3.51. The second-order valence-electron chi connectivity index (χ2n) is 5.40. The lowest BCUT2D eigenvalue weighted by molar-refractivity contribution is -0.136. The molecule has 1 rings (SSSR count). The molecule has 0 aromatic heterocycles. The minimum absolute atomic E-state index is 0.0620. The average molecular weight is 222 g/mol. The van der Waals surface area contributed by atoms with Crippen LogP contribution < -0.4 is 0 Å². The second-order valence-corrected chi connectivity index (χ2v) is 5.40. The Labute approximate surface area is 98.4 Å². The van der Waals surface area contributed by atoms with Crippen LogP contribution in [0.2, 0.25) is 0 Å². The summed E-state index contributed by atoms with van der Waals surface area (Å²) >= 11 is 0. The summed E-state index contributed by atoms with van der Waals surface area (Å²) in [5, 5.41) is 8.90. The molecule has 0 aliphatic heterocycles. The maximum absolute atomic E-state index is 11.9. The molecule has 0 radical (unpaired) electrons. The Hall–Kier alpha value is -1.04. The fourth-order valence-electron chi connectivity index (χ4n) is 2.30. The number of rotatable bonds is 4. The number of amides is 1. The van der Waals surface area contributed by atoms with Gasteiger partial charge in [0.05, 0.1) is 6.07 Å². The summed E-state index contributed by atoms with van der Waals surface area (Å²) in [6, 6.07) is 2.06. The van der Waals surface area contributed by atoms with Crippen molar-refractivity contribution in [3.8, 4) is 6.07 Å². The predicted octanol–water partition coefficient (Wildman–Crippen LogP) is 2.57. The minimum Gasteiger partial charge on any atom is -0.344 e. The molecule has 0 N–H and O–H groups in total. The highest BCUT2D eigenvalue weighted by atomic mass is 16.2. The number of nitriles is 1. The summed E-state index contributed by atoms with van der Waals surface area (Å²) in [5.74, 6) is 0.730. The highest BCUT2D eigenvalue weighted by Gasteiger charge is 2.30. The lowest BCUT2D eigenvalue weighted by atomic mass is 9.93. The molecular weight excluding hydrogens is 200 g/mol. The second kappa shape index (κ2) is 5.34. The first-order chi connectivity index (χ1) is 7.47. The molecule has 1 fully saturated rings. The lowest BCUT2D eigenvalue weighted by Crippen LogP contribution is -2.38. The standard InChI is InChI=1S/C13H22N2O/c1-13(2,10-14)12(16)15(3)9-8-11-6-4-5-7-11/h11H,4-9H2,1-3H3. The Morgan fingerprint density at radius 3 is 2.50 bits per heavy atom.